The van der Waals surface area contributed by atoms with Crippen LogP contribution < -0.4 is 4.74 Å². The van der Waals surface area contributed by atoms with Crippen LogP contribution in [0.4, 0.5) is 0 Å². The van der Waals surface area contributed by atoms with Gasteiger partial charge in [-0.1, -0.05) is 0 Å². The van der Waals surface area contributed by atoms with E-state index in [-0.39, 0.29) is 6.10 Å². The summed E-state index contributed by atoms with van der Waals surface area (Å²) in [6.45, 7) is 2.21. The van der Waals surface area contributed by atoms with E-state index in [1.54, 1.807) is 50.5 Å². The standard InChI is InChI=1S/C16H16O5/c1-11-9-14(20-10-17)7-8-15(11)21-16(18)12-3-5-13(19-2)6-4-12/h3-6,8-10,14H,7H2,1-2H3. The molecule has 0 saturated heterocycles. The van der Waals surface area contributed by atoms with Gasteiger partial charge in [-0.3, -0.25) is 4.79 Å². The summed E-state index contributed by atoms with van der Waals surface area (Å²) in [5.74, 6) is 0.723. The molecule has 0 fully saturated rings. The highest BCUT2D eigenvalue weighted by Gasteiger charge is 2.18. The smallest absolute Gasteiger partial charge is 0.343 e. The summed E-state index contributed by atoms with van der Waals surface area (Å²) >= 11 is 0. The van der Waals surface area contributed by atoms with Crippen LogP contribution >= 0.6 is 0 Å². The zero-order valence-corrected chi connectivity index (χ0v) is 11.9. The van der Waals surface area contributed by atoms with Gasteiger partial charge in [0.2, 0.25) is 0 Å². The van der Waals surface area contributed by atoms with E-state index in [4.69, 9.17) is 14.2 Å². The van der Waals surface area contributed by atoms with E-state index in [2.05, 4.69) is 0 Å². The first kappa shape index (κ1) is 14.8. The third-order valence-corrected chi connectivity index (χ3v) is 3.12. The summed E-state index contributed by atoms with van der Waals surface area (Å²) in [5.41, 5.74) is 1.20. The molecule has 0 aliphatic heterocycles. The Kier molecular flexibility index (Phi) is 4.77. The molecule has 0 N–H and O–H groups in total. The van der Waals surface area contributed by atoms with Crippen LogP contribution in [0, 0.1) is 0 Å². The predicted octanol–water partition coefficient (Wildman–Crippen LogP) is 2.63. The maximum absolute atomic E-state index is 12.0. The fourth-order valence-electron chi connectivity index (χ4n) is 1.99. The molecule has 1 atom stereocenters. The van der Waals surface area contributed by atoms with Crippen LogP contribution in [0.2, 0.25) is 0 Å². The number of hydrogen-bond acceptors (Lipinski definition) is 5. The van der Waals surface area contributed by atoms with Crippen molar-refractivity contribution >= 4 is 12.4 Å². The van der Waals surface area contributed by atoms with E-state index in [1.165, 1.54) is 0 Å². The molecule has 110 valence electrons. The van der Waals surface area contributed by atoms with Gasteiger partial charge in [0.05, 0.1) is 12.7 Å². The Morgan fingerprint density at radius 2 is 2.00 bits per heavy atom. The normalized spacial score (nSPS) is 17.3. The molecule has 0 saturated carbocycles. The lowest BCUT2D eigenvalue weighted by atomic mass is 10.0. The zero-order chi connectivity index (χ0) is 15.2. The van der Waals surface area contributed by atoms with Crippen molar-refractivity contribution in [3.05, 3.63) is 53.3 Å². The van der Waals surface area contributed by atoms with Gasteiger partial charge in [0.1, 0.15) is 17.6 Å². The van der Waals surface area contributed by atoms with Crippen molar-refractivity contribution in [2.45, 2.75) is 19.4 Å². The number of benzene rings is 1. The fraction of sp³-hybridized carbons (Fsp3) is 0.250. The average molecular weight is 288 g/mol. The van der Waals surface area contributed by atoms with Gasteiger partial charge < -0.3 is 14.2 Å². The van der Waals surface area contributed by atoms with Crippen molar-refractivity contribution < 1.29 is 23.8 Å². The third kappa shape index (κ3) is 3.72. The van der Waals surface area contributed by atoms with Crippen LogP contribution in [-0.2, 0) is 14.3 Å². The number of allylic oxidation sites excluding steroid dienone is 1. The van der Waals surface area contributed by atoms with E-state index in [9.17, 15) is 9.59 Å². The lowest BCUT2D eigenvalue weighted by Crippen LogP contribution is -2.15. The molecule has 1 aliphatic rings. The van der Waals surface area contributed by atoms with Gasteiger partial charge in [0.15, 0.2) is 0 Å². The molecule has 0 amide bonds. The fourth-order valence-corrected chi connectivity index (χ4v) is 1.99. The maximum Gasteiger partial charge on any atom is 0.343 e. The first-order valence-electron chi connectivity index (χ1n) is 6.48. The Bertz CT molecular complexity index is 583. The van der Waals surface area contributed by atoms with Gasteiger partial charge in [-0.15, -0.1) is 0 Å². The SMILES string of the molecule is COc1ccc(C(=O)OC2=CCC(OC=O)C=C2C)cc1. The molecule has 1 aliphatic carbocycles. The van der Waals surface area contributed by atoms with Crippen LogP contribution in [0.25, 0.3) is 0 Å². The second-order valence-corrected chi connectivity index (χ2v) is 4.54. The molecule has 0 radical (unpaired) electrons. The molecule has 2 rings (SSSR count). The highest BCUT2D eigenvalue weighted by atomic mass is 16.5. The first-order valence-corrected chi connectivity index (χ1v) is 6.48. The van der Waals surface area contributed by atoms with Gasteiger partial charge in [0, 0.05) is 6.42 Å². The molecule has 0 aromatic heterocycles. The number of esters is 1. The van der Waals surface area contributed by atoms with Gasteiger partial charge in [-0.2, -0.15) is 0 Å². The second-order valence-electron chi connectivity index (χ2n) is 4.54. The van der Waals surface area contributed by atoms with Gasteiger partial charge in [0.25, 0.3) is 6.47 Å². The predicted molar refractivity (Wildman–Crippen MR) is 75.8 cm³/mol. The first-order chi connectivity index (χ1) is 10.1. The molecule has 0 spiro atoms. The monoisotopic (exact) mass is 288 g/mol. The summed E-state index contributed by atoms with van der Waals surface area (Å²) in [7, 11) is 1.56. The van der Waals surface area contributed by atoms with E-state index in [0.717, 1.165) is 5.57 Å². The van der Waals surface area contributed by atoms with Crippen LogP contribution in [0.3, 0.4) is 0 Å². The molecule has 0 heterocycles. The van der Waals surface area contributed by atoms with E-state index >= 15 is 0 Å². The summed E-state index contributed by atoms with van der Waals surface area (Å²) < 4.78 is 15.3. The van der Waals surface area contributed by atoms with Crippen molar-refractivity contribution in [2.75, 3.05) is 7.11 Å². The van der Waals surface area contributed by atoms with Gasteiger partial charge >= 0.3 is 5.97 Å². The van der Waals surface area contributed by atoms with Crippen LogP contribution in [0.5, 0.6) is 5.75 Å². The topological polar surface area (TPSA) is 61.8 Å². The van der Waals surface area contributed by atoms with Crippen LogP contribution in [0.1, 0.15) is 23.7 Å². The van der Waals surface area contributed by atoms with Crippen molar-refractivity contribution in [3.63, 3.8) is 0 Å². The molecule has 5 heteroatoms. The van der Waals surface area contributed by atoms with Gasteiger partial charge in [-0.05, 0) is 48.9 Å². The van der Waals surface area contributed by atoms with Gasteiger partial charge in [-0.25, -0.2) is 4.79 Å². The third-order valence-electron chi connectivity index (χ3n) is 3.12. The number of methoxy groups -OCH3 is 1. The molecule has 21 heavy (non-hydrogen) atoms. The molecule has 5 nitrogen and oxygen atoms in total. The largest absolute Gasteiger partial charge is 0.497 e. The Balaban J connectivity index is 2.02. The molecule has 1 unspecified atom stereocenters. The highest BCUT2D eigenvalue weighted by molar-refractivity contribution is 5.90. The molecule has 1 aromatic carbocycles. The maximum atomic E-state index is 12.0. The summed E-state index contributed by atoms with van der Waals surface area (Å²) in [6.07, 6.45) is 3.68. The zero-order valence-electron chi connectivity index (χ0n) is 11.9. The quantitative estimate of drug-likeness (QED) is 0.615. The Morgan fingerprint density at radius 3 is 2.57 bits per heavy atom. The minimum absolute atomic E-state index is 0.300. The van der Waals surface area contributed by atoms with E-state index in [0.29, 0.717) is 30.0 Å². The van der Waals surface area contributed by atoms with Crippen LogP contribution in [0.15, 0.2) is 47.7 Å². The molecular formula is C16H16O5. The van der Waals surface area contributed by atoms with E-state index in [1.807, 2.05) is 0 Å². The van der Waals surface area contributed by atoms with Crippen molar-refractivity contribution in [1.29, 1.82) is 0 Å². The van der Waals surface area contributed by atoms with Crippen molar-refractivity contribution in [2.24, 2.45) is 0 Å². The van der Waals surface area contributed by atoms with Crippen LogP contribution in [-0.4, -0.2) is 25.7 Å². The molecular weight excluding hydrogens is 272 g/mol. The number of carbonyl (C=O) groups excluding carboxylic acids is 2. The minimum atomic E-state index is -0.439. The lowest BCUT2D eigenvalue weighted by Gasteiger charge is -2.18. The van der Waals surface area contributed by atoms with Crippen molar-refractivity contribution in [1.82, 2.24) is 0 Å². The molecule has 1 aromatic rings. The minimum Gasteiger partial charge on any atom is -0.497 e. The van der Waals surface area contributed by atoms with Crippen molar-refractivity contribution in [3.8, 4) is 5.75 Å². The number of hydrogen-bond donors (Lipinski definition) is 0. The molecule has 0 bridgehead atoms. The number of rotatable bonds is 5. The Morgan fingerprint density at radius 1 is 1.29 bits per heavy atom. The summed E-state index contributed by atoms with van der Waals surface area (Å²) in [5, 5.41) is 0. The number of carbonyl (C=O) groups is 2. The summed E-state index contributed by atoms with van der Waals surface area (Å²) in [4.78, 5) is 22.4. The number of ether oxygens (including phenoxy) is 3. The van der Waals surface area contributed by atoms with E-state index < -0.39 is 5.97 Å². The average Bonchev–Trinajstić information content (AvgIpc) is 2.50. The summed E-state index contributed by atoms with van der Waals surface area (Å²) in [6, 6.07) is 6.68. The Labute approximate surface area is 122 Å². The Hall–Kier alpha value is -2.56. The second kappa shape index (κ2) is 6.74. The highest BCUT2D eigenvalue weighted by Crippen LogP contribution is 2.22. The lowest BCUT2D eigenvalue weighted by molar-refractivity contribution is -0.131.